The minimum Gasteiger partial charge on any atom is -0.378 e. The first-order chi connectivity index (χ1) is 8.73. The van der Waals surface area contributed by atoms with E-state index in [4.69, 9.17) is 4.74 Å². The number of ether oxygens (including phenoxy) is 1. The second kappa shape index (κ2) is 6.08. The van der Waals surface area contributed by atoms with E-state index in [0.717, 1.165) is 42.2 Å². The third-order valence-electron chi connectivity index (χ3n) is 3.81. The van der Waals surface area contributed by atoms with Gasteiger partial charge in [-0.2, -0.15) is 0 Å². The van der Waals surface area contributed by atoms with Crippen LogP contribution in [0.1, 0.15) is 55.6 Å². The van der Waals surface area contributed by atoms with Gasteiger partial charge in [-0.15, -0.1) is 10.2 Å². The average molecular weight is 269 g/mol. The van der Waals surface area contributed by atoms with Gasteiger partial charge in [0.1, 0.15) is 10.0 Å². The molecule has 1 unspecified atom stereocenters. The van der Waals surface area contributed by atoms with E-state index in [9.17, 15) is 0 Å². The fourth-order valence-corrected chi connectivity index (χ4v) is 3.56. The molecule has 1 aliphatic carbocycles. The first-order valence-corrected chi connectivity index (χ1v) is 7.65. The molecule has 5 heteroatoms. The van der Waals surface area contributed by atoms with Crippen LogP contribution >= 0.6 is 11.3 Å². The third kappa shape index (κ3) is 2.90. The Morgan fingerprint density at radius 3 is 2.67 bits per heavy atom. The van der Waals surface area contributed by atoms with Crippen LogP contribution in [0.25, 0.3) is 0 Å². The fraction of sp³-hybridized carbons (Fsp3) is 0.846. The van der Waals surface area contributed by atoms with E-state index in [1.165, 1.54) is 6.42 Å². The lowest BCUT2D eigenvalue weighted by molar-refractivity contribution is -0.0709. The van der Waals surface area contributed by atoms with Gasteiger partial charge in [-0.3, -0.25) is 0 Å². The van der Waals surface area contributed by atoms with Crippen LogP contribution in [-0.2, 0) is 11.2 Å². The molecule has 1 aromatic heterocycles. The highest BCUT2D eigenvalue weighted by atomic mass is 32.1. The van der Waals surface area contributed by atoms with Gasteiger partial charge in [0.25, 0.3) is 0 Å². The van der Waals surface area contributed by atoms with E-state index in [2.05, 4.69) is 29.4 Å². The number of nitrogens with one attached hydrogen (secondary N) is 1. The molecule has 1 aliphatic rings. The normalized spacial score (nSPS) is 19.5. The van der Waals surface area contributed by atoms with Crippen molar-refractivity contribution in [2.24, 2.45) is 0 Å². The Bertz CT molecular complexity index is 371. The molecular formula is C13H23N3OS. The van der Waals surface area contributed by atoms with E-state index in [-0.39, 0.29) is 5.60 Å². The van der Waals surface area contributed by atoms with Crippen LogP contribution in [-0.4, -0.2) is 29.5 Å². The molecule has 4 nitrogen and oxygen atoms in total. The van der Waals surface area contributed by atoms with E-state index in [1.54, 1.807) is 11.3 Å². The van der Waals surface area contributed by atoms with Crippen molar-refractivity contribution < 1.29 is 4.74 Å². The molecule has 1 heterocycles. The summed E-state index contributed by atoms with van der Waals surface area (Å²) in [5, 5.41) is 14.3. The summed E-state index contributed by atoms with van der Waals surface area (Å²) in [6.07, 6.45) is 5.56. The van der Waals surface area contributed by atoms with Gasteiger partial charge in [-0.25, -0.2) is 0 Å². The second-order valence-electron chi connectivity index (χ2n) is 4.97. The van der Waals surface area contributed by atoms with Crippen molar-refractivity contribution >= 4 is 11.3 Å². The first kappa shape index (κ1) is 13.9. The van der Waals surface area contributed by atoms with Crippen LogP contribution in [0.15, 0.2) is 0 Å². The van der Waals surface area contributed by atoms with Crippen molar-refractivity contribution in [1.82, 2.24) is 15.5 Å². The summed E-state index contributed by atoms with van der Waals surface area (Å²) in [4.78, 5) is 0. The zero-order valence-corrected chi connectivity index (χ0v) is 12.3. The van der Waals surface area contributed by atoms with Gasteiger partial charge >= 0.3 is 0 Å². The largest absolute Gasteiger partial charge is 0.378 e. The average Bonchev–Trinajstić information content (AvgIpc) is 2.79. The minimum absolute atomic E-state index is 0.0523. The topological polar surface area (TPSA) is 47.0 Å². The number of nitrogens with zero attached hydrogens (tertiary/aromatic N) is 2. The van der Waals surface area contributed by atoms with Gasteiger partial charge < -0.3 is 10.1 Å². The van der Waals surface area contributed by atoms with Gasteiger partial charge in [0, 0.05) is 13.5 Å². The lowest BCUT2D eigenvalue weighted by Gasteiger charge is -2.39. The highest BCUT2D eigenvalue weighted by molar-refractivity contribution is 7.11. The SMILES string of the molecule is CCNC(CC)c1nnc(CC2(OC)CCC2)s1. The first-order valence-electron chi connectivity index (χ1n) is 6.84. The molecule has 0 bridgehead atoms. The molecule has 0 saturated heterocycles. The smallest absolute Gasteiger partial charge is 0.134 e. The summed E-state index contributed by atoms with van der Waals surface area (Å²) < 4.78 is 5.64. The summed E-state index contributed by atoms with van der Waals surface area (Å²) in [6.45, 7) is 5.27. The number of rotatable bonds is 7. The third-order valence-corrected chi connectivity index (χ3v) is 4.85. The number of methoxy groups -OCH3 is 1. The van der Waals surface area contributed by atoms with Gasteiger partial charge in [0.15, 0.2) is 0 Å². The predicted octanol–water partition coefficient (Wildman–Crippen LogP) is 2.71. The maximum atomic E-state index is 5.64. The minimum atomic E-state index is 0.0523. The summed E-state index contributed by atoms with van der Waals surface area (Å²) in [7, 11) is 1.81. The maximum absolute atomic E-state index is 5.64. The Morgan fingerprint density at radius 2 is 2.17 bits per heavy atom. The van der Waals surface area contributed by atoms with Crippen LogP contribution in [0.5, 0.6) is 0 Å². The highest BCUT2D eigenvalue weighted by Crippen LogP contribution is 2.38. The number of hydrogen-bond acceptors (Lipinski definition) is 5. The molecule has 0 aliphatic heterocycles. The van der Waals surface area contributed by atoms with Crippen LogP contribution in [0.4, 0.5) is 0 Å². The highest BCUT2D eigenvalue weighted by Gasteiger charge is 2.38. The van der Waals surface area contributed by atoms with Crippen molar-refractivity contribution in [2.75, 3.05) is 13.7 Å². The molecule has 1 atom stereocenters. The molecule has 1 aromatic rings. The molecule has 1 saturated carbocycles. The molecule has 1 fully saturated rings. The number of aromatic nitrogens is 2. The predicted molar refractivity (Wildman–Crippen MR) is 73.9 cm³/mol. The maximum Gasteiger partial charge on any atom is 0.134 e. The summed E-state index contributed by atoms with van der Waals surface area (Å²) >= 11 is 1.73. The lowest BCUT2D eigenvalue weighted by Crippen LogP contribution is -2.41. The van der Waals surface area contributed by atoms with Crippen LogP contribution in [0.3, 0.4) is 0 Å². The Morgan fingerprint density at radius 1 is 1.39 bits per heavy atom. The van der Waals surface area contributed by atoms with Gasteiger partial charge in [0.05, 0.1) is 11.6 Å². The zero-order chi connectivity index (χ0) is 13.0. The van der Waals surface area contributed by atoms with E-state index >= 15 is 0 Å². The van der Waals surface area contributed by atoms with Crippen LogP contribution < -0.4 is 5.32 Å². The van der Waals surface area contributed by atoms with Gasteiger partial charge in [-0.1, -0.05) is 25.2 Å². The van der Waals surface area contributed by atoms with Gasteiger partial charge in [0.2, 0.25) is 0 Å². The molecule has 102 valence electrons. The molecule has 0 amide bonds. The molecule has 0 spiro atoms. The molecular weight excluding hydrogens is 246 g/mol. The Hall–Kier alpha value is -0.520. The van der Waals surface area contributed by atoms with Gasteiger partial charge in [-0.05, 0) is 32.2 Å². The second-order valence-corrected chi connectivity index (χ2v) is 6.06. The van der Waals surface area contributed by atoms with Crippen molar-refractivity contribution in [3.05, 3.63) is 10.0 Å². The molecule has 2 rings (SSSR count). The summed E-state index contributed by atoms with van der Waals surface area (Å²) in [5.74, 6) is 0. The monoisotopic (exact) mass is 269 g/mol. The molecule has 0 aromatic carbocycles. The van der Waals surface area contributed by atoms with Crippen LogP contribution in [0.2, 0.25) is 0 Å². The zero-order valence-electron chi connectivity index (χ0n) is 11.5. The van der Waals surface area contributed by atoms with E-state index in [1.807, 2.05) is 7.11 Å². The summed E-state index contributed by atoms with van der Waals surface area (Å²) in [6, 6.07) is 0.348. The standard InChI is InChI=1S/C13H23N3OS/c1-4-10(14-5-2)12-16-15-11(18-12)9-13(17-3)7-6-8-13/h10,14H,4-9H2,1-3H3. The molecule has 0 radical (unpaired) electrons. The van der Waals surface area contributed by atoms with E-state index < -0.39 is 0 Å². The fourth-order valence-electron chi connectivity index (χ4n) is 2.43. The Kier molecular flexibility index (Phi) is 4.70. The van der Waals surface area contributed by atoms with Crippen molar-refractivity contribution in [3.8, 4) is 0 Å². The Balaban J connectivity index is 2.01. The quantitative estimate of drug-likeness (QED) is 0.827. The number of hydrogen-bond donors (Lipinski definition) is 1. The lowest BCUT2D eigenvalue weighted by atomic mass is 9.78. The van der Waals surface area contributed by atoms with Crippen molar-refractivity contribution in [3.63, 3.8) is 0 Å². The molecule has 1 N–H and O–H groups in total. The van der Waals surface area contributed by atoms with Crippen LogP contribution in [0, 0.1) is 0 Å². The van der Waals surface area contributed by atoms with Crippen molar-refractivity contribution in [1.29, 1.82) is 0 Å². The van der Waals surface area contributed by atoms with E-state index in [0.29, 0.717) is 6.04 Å². The Labute approximate surface area is 113 Å². The molecule has 18 heavy (non-hydrogen) atoms. The van der Waals surface area contributed by atoms with Crippen molar-refractivity contribution in [2.45, 2.75) is 57.6 Å². The summed E-state index contributed by atoms with van der Waals surface area (Å²) in [5.41, 5.74) is 0.0523.